The second-order valence-electron chi connectivity index (χ2n) is 4.33. The first-order chi connectivity index (χ1) is 7.31. The number of hydrogen-bond donors (Lipinski definition) is 1. The van der Waals surface area contributed by atoms with Crippen LogP contribution in [0.2, 0.25) is 0 Å². The topological polar surface area (TPSA) is 20.2 Å². The molecule has 1 nitrogen and oxygen atoms in total. The van der Waals surface area contributed by atoms with Gasteiger partial charge in [0.25, 0.3) is 0 Å². The van der Waals surface area contributed by atoms with Gasteiger partial charge in [-0.05, 0) is 29.9 Å². The van der Waals surface area contributed by atoms with Crippen molar-refractivity contribution in [1.29, 1.82) is 0 Å². The highest BCUT2D eigenvalue weighted by Gasteiger charge is 2.17. The minimum atomic E-state index is -0.522. The van der Waals surface area contributed by atoms with Gasteiger partial charge in [0.2, 0.25) is 0 Å². The number of rotatable bonds is 3. The third-order valence-electron chi connectivity index (χ3n) is 3.30. The molecule has 1 atom stereocenters. The van der Waals surface area contributed by atoms with E-state index in [0.29, 0.717) is 5.92 Å². The molecule has 0 heterocycles. The molecule has 0 aliphatic heterocycles. The van der Waals surface area contributed by atoms with Gasteiger partial charge >= 0.3 is 0 Å². The predicted octanol–water partition coefficient (Wildman–Crippen LogP) is 3.56. The smallest absolute Gasteiger partial charge is 0.0969 e. The highest BCUT2D eigenvalue weighted by Crippen LogP contribution is 2.34. The largest absolute Gasteiger partial charge is 0.384 e. The molecule has 2 rings (SSSR count). The Morgan fingerprint density at radius 2 is 2.07 bits per heavy atom. The Bertz CT molecular complexity index is 337. The Balaban J connectivity index is 2.21. The second kappa shape index (κ2) is 4.63. The highest BCUT2D eigenvalue weighted by atomic mass is 16.3. The maximum atomic E-state index is 9.68. The molecule has 0 bridgehead atoms. The van der Waals surface area contributed by atoms with Gasteiger partial charge in [-0.15, -0.1) is 6.58 Å². The zero-order chi connectivity index (χ0) is 10.7. The molecule has 0 saturated heterocycles. The molecule has 15 heavy (non-hydrogen) atoms. The van der Waals surface area contributed by atoms with E-state index in [9.17, 15) is 5.11 Å². The van der Waals surface area contributed by atoms with Crippen molar-refractivity contribution in [3.8, 4) is 0 Å². The van der Waals surface area contributed by atoms with Gasteiger partial charge in [-0.3, -0.25) is 0 Å². The number of benzene rings is 1. The first kappa shape index (κ1) is 10.4. The molecule has 0 amide bonds. The van der Waals surface area contributed by atoms with E-state index in [1.165, 1.54) is 31.2 Å². The van der Waals surface area contributed by atoms with Gasteiger partial charge in [0.15, 0.2) is 0 Å². The number of hydrogen-bond acceptors (Lipinski definition) is 1. The summed E-state index contributed by atoms with van der Waals surface area (Å²) in [7, 11) is 0. The molecule has 0 spiro atoms. The highest BCUT2D eigenvalue weighted by molar-refractivity contribution is 5.29. The van der Waals surface area contributed by atoms with Crippen molar-refractivity contribution >= 4 is 0 Å². The van der Waals surface area contributed by atoms with Crippen molar-refractivity contribution in [2.75, 3.05) is 0 Å². The van der Waals surface area contributed by atoms with Gasteiger partial charge < -0.3 is 5.11 Å². The molecule has 1 N–H and O–H groups in total. The van der Waals surface area contributed by atoms with Crippen molar-refractivity contribution in [3.63, 3.8) is 0 Å². The van der Waals surface area contributed by atoms with Crippen LogP contribution < -0.4 is 0 Å². The summed E-state index contributed by atoms with van der Waals surface area (Å²) in [4.78, 5) is 0. The summed E-state index contributed by atoms with van der Waals surface area (Å²) < 4.78 is 0. The molecule has 1 fully saturated rings. The Kier molecular flexibility index (Phi) is 3.22. The van der Waals surface area contributed by atoms with Crippen molar-refractivity contribution in [2.24, 2.45) is 0 Å². The zero-order valence-corrected chi connectivity index (χ0v) is 9.02. The molecule has 1 unspecified atom stereocenters. The summed E-state index contributed by atoms with van der Waals surface area (Å²) in [6.07, 6.45) is 6.35. The SMILES string of the molecule is C=CC(O)c1cccc(C2CCCC2)c1. The predicted molar refractivity (Wildman–Crippen MR) is 62.8 cm³/mol. The number of aliphatic hydroxyl groups is 1. The second-order valence-corrected chi connectivity index (χ2v) is 4.33. The first-order valence-electron chi connectivity index (χ1n) is 5.71. The minimum absolute atomic E-state index is 0.522. The molecule has 1 aliphatic rings. The fraction of sp³-hybridized carbons (Fsp3) is 0.429. The Morgan fingerprint density at radius 1 is 1.33 bits per heavy atom. The molecule has 0 radical (unpaired) electrons. The van der Waals surface area contributed by atoms with E-state index in [-0.39, 0.29) is 0 Å². The van der Waals surface area contributed by atoms with E-state index in [2.05, 4.69) is 18.7 Å². The Morgan fingerprint density at radius 3 is 2.73 bits per heavy atom. The molecule has 0 aromatic heterocycles. The molecular formula is C14H18O. The van der Waals surface area contributed by atoms with Crippen molar-refractivity contribution in [2.45, 2.75) is 37.7 Å². The standard InChI is InChI=1S/C14H18O/c1-2-14(15)13-9-5-8-12(10-13)11-6-3-4-7-11/h2,5,8-11,14-15H,1,3-4,6-7H2. The quantitative estimate of drug-likeness (QED) is 0.743. The van der Waals surface area contributed by atoms with Gasteiger partial charge in [0.05, 0.1) is 6.10 Å². The molecule has 1 heteroatoms. The van der Waals surface area contributed by atoms with Crippen molar-refractivity contribution in [1.82, 2.24) is 0 Å². The van der Waals surface area contributed by atoms with Crippen LogP contribution in [0.25, 0.3) is 0 Å². The van der Waals surface area contributed by atoms with Gasteiger partial charge in [-0.25, -0.2) is 0 Å². The Labute approximate surface area is 91.4 Å². The van der Waals surface area contributed by atoms with Gasteiger partial charge in [-0.1, -0.05) is 43.2 Å². The van der Waals surface area contributed by atoms with Crippen LogP contribution in [0, 0.1) is 0 Å². The monoisotopic (exact) mass is 202 g/mol. The zero-order valence-electron chi connectivity index (χ0n) is 9.02. The molecular weight excluding hydrogens is 184 g/mol. The molecule has 1 saturated carbocycles. The van der Waals surface area contributed by atoms with Crippen molar-refractivity contribution in [3.05, 3.63) is 48.0 Å². The average Bonchev–Trinajstić information content (AvgIpc) is 2.82. The Hall–Kier alpha value is -1.08. The fourth-order valence-electron chi connectivity index (χ4n) is 2.39. The molecule has 80 valence electrons. The number of aliphatic hydroxyl groups excluding tert-OH is 1. The third kappa shape index (κ3) is 2.29. The summed E-state index contributed by atoms with van der Waals surface area (Å²) in [5, 5.41) is 9.68. The van der Waals surface area contributed by atoms with Crippen LogP contribution in [0.15, 0.2) is 36.9 Å². The normalized spacial score (nSPS) is 19.0. The van der Waals surface area contributed by atoms with E-state index in [1.807, 2.05) is 12.1 Å². The van der Waals surface area contributed by atoms with Crippen molar-refractivity contribution < 1.29 is 5.11 Å². The van der Waals surface area contributed by atoms with E-state index >= 15 is 0 Å². The van der Waals surface area contributed by atoms with Crippen LogP contribution in [0.1, 0.15) is 48.8 Å². The summed E-state index contributed by atoms with van der Waals surface area (Å²) >= 11 is 0. The molecule has 1 aliphatic carbocycles. The van der Waals surface area contributed by atoms with Crippen LogP contribution in [0.3, 0.4) is 0 Å². The third-order valence-corrected chi connectivity index (χ3v) is 3.30. The van der Waals surface area contributed by atoms with Crippen LogP contribution >= 0.6 is 0 Å². The summed E-state index contributed by atoms with van der Waals surface area (Å²) in [6.45, 7) is 3.61. The van der Waals surface area contributed by atoms with Gasteiger partial charge in [0, 0.05) is 0 Å². The summed E-state index contributed by atoms with van der Waals surface area (Å²) in [6, 6.07) is 8.30. The van der Waals surface area contributed by atoms with E-state index < -0.39 is 6.10 Å². The fourth-order valence-corrected chi connectivity index (χ4v) is 2.39. The van der Waals surface area contributed by atoms with Gasteiger partial charge in [-0.2, -0.15) is 0 Å². The minimum Gasteiger partial charge on any atom is -0.384 e. The van der Waals surface area contributed by atoms with Crippen LogP contribution in [0.4, 0.5) is 0 Å². The molecule has 1 aromatic carbocycles. The maximum absolute atomic E-state index is 9.68. The lowest BCUT2D eigenvalue weighted by molar-refractivity contribution is 0.229. The van der Waals surface area contributed by atoms with Crippen LogP contribution in [-0.4, -0.2) is 5.11 Å². The maximum Gasteiger partial charge on any atom is 0.0969 e. The summed E-state index contributed by atoms with van der Waals surface area (Å²) in [5.41, 5.74) is 2.35. The van der Waals surface area contributed by atoms with Crippen LogP contribution in [-0.2, 0) is 0 Å². The van der Waals surface area contributed by atoms with E-state index in [1.54, 1.807) is 6.08 Å². The lowest BCUT2D eigenvalue weighted by Gasteiger charge is -2.12. The average molecular weight is 202 g/mol. The lowest BCUT2D eigenvalue weighted by atomic mass is 9.95. The first-order valence-corrected chi connectivity index (χ1v) is 5.71. The summed E-state index contributed by atoms with van der Waals surface area (Å²) in [5.74, 6) is 0.710. The van der Waals surface area contributed by atoms with E-state index in [0.717, 1.165) is 5.56 Å². The van der Waals surface area contributed by atoms with Gasteiger partial charge in [0.1, 0.15) is 0 Å². The van der Waals surface area contributed by atoms with E-state index in [4.69, 9.17) is 0 Å². The lowest BCUT2D eigenvalue weighted by Crippen LogP contribution is -1.97. The molecule has 1 aromatic rings. The van der Waals surface area contributed by atoms with Crippen LogP contribution in [0.5, 0.6) is 0 Å².